The molecule has 19 heavy (non-hydrogen) atoms. The van der Waals surface area contributed by atoms with Crippen LogP contribution in [-0.2, 0) is 0 Å². The van der Waals surface area contributed by atoms with Gasteiger partial charge in [0.1, 0.15) is 0 Å². The molecule has 1 aliphatic rings. The molecule has 1 aromatic heterocycles. The summed E-state index contributed by atoms with van der Waals surface area (Å²) in [6.45, 7) is 6.66. The number of anilines is 1. The minimum atomic E-state index is 0.640. The van der Waals surface area contributed by atoms with Gasteiger partial charge in [-0.15, -0.1) is 0 Å². The van der Waals surface area contributed by atoms with E-state index in [-0.39, 0.29) is 0 Å². The lowest BCUT2D eigenvalue weighted by molar-refractivity contribution is 0.656. The maximum atomic E-state index is 4.37. The molecule has 98 valence electrons. The number of aromatic amines is 1. The van der Waals surface area contributed by atoms with Gasteiger partial charge in [0, 0.05) is 11.1 Å². The highest BCUT2D eigenvalue weighted by molar-refractivity contribution is 5.90. The van der Waals surface area contributed by atoms with Crippen molar-refractivity contribution in [2.75, 3.05) is 5.32 Å². The Labute approximate surface area is 113 Å². The van der Waals surface area contributed by atoms with Crippen LogP contribution in [0.25, 0.3) is 10.9 Å². The van der Waals surface area contributed by atoms with Crippen LogP contribution < -0.4 is 5.32 Å². The summed E-state index contributed by atoms with van der Waals surface area (Å²) >= 11 is 0. The Bertz CT molecular complexity index is 676. The van der Waals surface area contributed by atoms with Crippen molar-refractivity contribution in [1.82, 2.24) is 10.2 Å². The van der Waals surface area contributed by atoms with E-state index in [1.807, 2.05) is 18.2 Å². The summed E-state index contributed by atoms with van der Waals surface area (Å²) in [5.41, 5.74) is 5.07. The van der Waals surface area contributed by atoms with Crippen LogP contribution in [0.15, 0.2) is 47.2 Å². The van der Waals surface area contributed by atoms with Crippen molar-refractivity contribution in [3.8, 4) is 0 Å². The second-order valence-corrected chi connectivity index (χ2v) is 5.43. The Morgan fingerprint density at radius 1 is 1.26 bits per heavy atom. The Morgan fingerprint density at radius 2 is 2.05 bits per heavy atom. The van der Waals surface area contributed by atoms with Gasteiger partial charge in [-0.1, -0.05) is 24.6 Å². The first-order valence-corrected chi connectivity index (χ1v) is 6.73. The van der Waals surface area contributed by atoms with Crippen LogP contribution in [0.2, 0.25) is 0 Å². The highest BCUT2D eigenvalue weighted by Crippen LogP contribution is 2.30. The highest BCUT2D eigenvalue weighted by Gasteiger charge is 2.15. The number of hydrogen-bond donors (Lipinski definition) is 2. The van der Waals surface area contributed by atoms with Crippen molar-refractivity contribution < 1.29 is 0 Å². The number of benzene rings is 1. The summed E-state index contributed by atoms with van der Waals surface area (Å²) in [5, 5.41) is 12.0. The second-order valence-electron chi connectivity index (χ2n) is 5.43. The monoisotopic (exact) mass is 253 g/mol. The number of nitrogens with one attached hydrogen (secondary N) is 2. The average molecular weight is 253 g/mol. The smallest absolute Gasteiger partial charge is 0.160 e. The number of allylic oxidation sites excluding steroid dienone is 3. The fraction of sp³-hybridized carbons (Fsp3) is 0.312. The standard InChI is InChI=1S/C16H19N3/c1-10-8-12(3)15(9-11(10)2)17-16-13-6-4-5-7-14(13)18-19-16/h4-7,9-10H,8H2,1-3H3,(H2,17,18,19). The molecular weight excluding hydrogens is 234 g/mol. The first kappa shape index (κ1) is 12.0. The molecule has 1 unspecified atom stereocenters. The predicted octanol–water partition coefficient (Wildman–Crippen LogP) is 4.23. The van der Waals surface area contributed by atoms with Crippen molar-refractivity contribution in [2.24, 2.45) is 5.92 Å². The molecule has 0 spiro atoms. The SMILES string of the molecule is CC1=CC(Nc2n[nH]c3ccccc23)=C(C)CC1C. The van der Waals surface area contributed by atoms with E-state index in [1.165, 1.54) is 16.8 Å². The number of hydrogen-bond acceptors (Lipinski definition) is 2. The van der Waals surface area contributed by atoms with Crippen molar-refractivity contribution in [1.29, 1.82) is 0 Å². The average Bonchev–Trinajstić information content (AvgIpc) is 2.80. The molecule has 0 saturated carbocycles. The lowest BCUT2D eigenvalue weighted by Crippen LogP contribution is -2.10. The zero-order valence-electron chi connectivity index (χ0n) is 11.6. The van der Waals surface area contributed by atoms with E-state index < -0.39 is 0 Å². The van der Waals surface area contributed by atoms with Crippen molar-refractivity contribution in [3.05, 3.63) is 47.2 Å². The van der Waals surface area contributed by atoms with E-state index in [4.69, 9.17) is 0 Å². The molecule has 0 amide bonds. The quantitative estimate of drug-likeness (QED) is 0.840. The lowest BCUT2D eigenvalue weighted by Gasteiger charge is -2.22. The van der Waals surface area contributed by atoms with Gasteiger partial charge in [0.2, 0.25) is 0 Å². The maximum Gasteiger partial charge on any atom is 0.160 e. The number of nitrogens with zero attached hydrogens (tertiary/aromatic N) is 1. The summed E-state index contributed by atoms with van der Waals surface area (Å²) in [5.74, 6) is 1.55. The van der Waals surface area contributed by atoms with Gasteiger partial charge in [0.15, 0.2) is 5.82 Å². The number of para-hydroxylation sites is 1. The molecule has 1 atom stereocenters. The molecule has 2 aromatic rings. The molecule has 3 nitrogen and oxygen atoms in total. The summed E-state index contributed by atoms with van der Waals surface area (Å²) in [4.78, 5) is 0. The number of H-pyrrole nitrogens is 1. The van der Waals surface area contributed by atoms with E-state index in [2.05, 4.69) is 48.4 Å². The largest absolute Gasteiger partial charge is 0.338 e. The number of aromatic nitrogens is 2. The molecule has 0 fully saturated rings. The number of rotatable bonds is 2. The van der Waals surface area contributed by atoms with Crippen molar-refractivity contribution in [2.45, 2.75) is 27.2 Å². The third-order valence-corrected chi connectivity index (χ3v) is 3.94. The Morgan fingerprint density at radius 3 is 2.89 bits per heavy atom. The second kappa shape index (κ2) is 4.57. The zero-order chi connectivity index (χ0) is 13.4. The minimum Gasteiger partial charge on any atom is -0.338 e. The van der Waals surface area contributed by atoms with E-state index in [0.29, 0.717) is 5.92 Å². The number of fused-ring (bicyclic) bond motifs is 1. The maximum absolute atomic E-state index is 4.37. The van der Waals surface area contributed by atoms with Gasteiger partial charge in [-0.05, 0) is 50.0 Å². The van der Waals surface area contributed by atoms with Gasteiger partial charge >= 0.3 is 0 Å². The third-order valence-electron chi connectivity index (χ3n) is 3.94. The molecular formula is C16H19N3. The topological polar surface area (TPSA) is 40.7 Å². The summed E-state index contributed by atoms with van der Waals surface area (Å²) in [6.07, 6.45) is 3.36. The zero-order valence-corrected chi connectivity index (χ0v) is 11.6. The van der Waals surface area contributed by atoms with E-state index >= 15 is 0 Å². The van der Waals surface area contributed by atoms with Crippen molar-refractivity contribution >= 4 is 16.7 Å². The van der Waals surface area contributed by atoms with Gasteiger partial charge < -0.3 is 5.32 Å². The van der Waals surface area contributed by atoms with Crippen LogP contribution in [0.3, 0.4) is 0 Å². The van der Waals surface area contributed by atoms with Crippen molar-refractivity contribution in [3.63, 3.8) is 0 Å². The van der Waals surface area contributed by atoms with E-state index in [0.717, 1.165) is 23.1 Å². The van der Waals surface area contributed by atoms with Crippen LogP contribution >= 0.6 is 0 Å². The normalized spacial score (nSPS) is 19.7. The molecule has 0 saturated heterocycles. The highest BCUT2D eigenvalue weighted by atomic mass is 15.2. The minimum absolute atomic E-state index is 0.640. The first-order chi connectivity index (χ1) is 9.15. The lowest BCUT2D eigenvalue weighted by atomic mass is 9.88. The van der Waals surface area contributed by atoms with Gasteiger partial charge in [-0.25, -0.2) is 0 Å². The summed E-state index contributed by atoms with van der Waals surface area (Å²) in [7, 11) is 0. The fourth-order valence-corrected chi connectivity index (χ4v) is 2.55. The molecule has 1 heterocycles. The summed E-state index contributed by atoms with van der Waals surface area (Å²) < 4.78 is 0. The third kappa shape index (κ3) is 2.16. The molecule has 0 bridgehead atoms. The Balaban J connectivity index is 1.96. The van der Waals surface area contributed by atoms with Crippen LogP contribution in [0.5, 0.6) is 0 Å². The molecule has 3 heteroatoms. The van der Waals surface area contributed by atoms with Crippen LogP contribution in [0.1, 0.15) is 27.2 Å². The molecule has 2 N–H and O–H groups in total. The summed E-state index contributed by atoms with van der Waals surface area (Å²) in [6, 6.07) is 8.17. The van der Waals surface area contributed by atoms with Gasteiger partial charge in [0.05, 0.1) is 5.52 Å². The molecule has 3 rings (SSSR count). The fourth-order valence-electron chi connectivity index (χ4n) is 2.55. The predicted molar refractivity (Wildman–Crippen MR) is 80.0 cm³/mol. The Hall–Kier alpha value is -2.03. The van der Waals surface area contributed by atoms with Crippen LogP contribution in [0, 0.1) is 5.92 Å². The van der Waals surface area contributed by atoms with Gasteiger partial charge in [0.25, 0.3) is 0 Å². The molecule has 1 aromatic carbocycles. The molecule has 1 aliphatic carbocycles. The van der Waals surface area contributed by atoms with Crippen LogP contribution in [0.4, 0.5) is 5.82 Å². The van der Waals surface area contributed by atoms with E-state index in [9.17, 15) is 0 Å². The van der Waals surface area contributed by atoms with Gasteiger partial charge in [-0.2, -0.15) is 5.10 Å². The Kier molecular flexibility index (Phi) is 2.90. The van der Waals surface area contributed by atoms with E-state index in [1.54, 1.807) is 0 Å². The molecule has 0 aliphatic heterocycles. The first-order valence-electron chi connectivity index (χ1n) is 6.73. The molecule has 0 radical (unpaired) electrons. The van der Waals surface area contributed by atoms with Crippen LogP contribution in [-0.4, -0.2) is 10.2 Å². The van der Waals surface area contributed by atoms with Gasteiger partial charge in [-0.3, -0.25) is 5.10 Å².